The fourth-order valence-electron chi connectivity index (χ4n) is 2.85. The van der Waals surface area contributed by atoms with Crippen LogP contribution >= 0.6 is 11.8 Å². The molecule has 8 heteroatoms. The fourth-order valence-corrected chi connectivity index (χ4v) is 3.60. The second-order valence-electron chi connectivity index (χ2n) is 5.74. The van der Waals surface area contributed by atoms with Crippen LogP contribution in [0.3, 0.4) is 0 Å². The molecule has 0 radical (unpaired) electrons. The average molecular weight is 364 g/mol. The molecule has 0 spiro atoms. The van der Waals surface area contributed by atoms with Crippen molar-refractivity contribution < 1.29 is 19.4 Å². The summed E-state index contributed by atoms with van der Waals surface area (Å²) in [6, 6.07) is 4.72. The van der Waals surface area contributed by atoms with Gasteiger partial charge < -0.3 is 14.6 Å². The van der Waals surface area contributed by atoms with Gasteiger partial charge in [0.05, 0.1) is 42.8 Å². The first-order valence-electron chi connectivity index (χ1n) is 8.12. The maximum absolute atomic E-state index is 12.9. The van der Waals surface area contributed by atoms with Crippen molar-refractivity contribution in [2.45, 2.75) is 30.6 Å². The zero-order valence-electron chi connectivity index (χ0n) is 13.9. The van der Waals surface area contributed by atoms with Crippen LogP contribution in [0.4, 0.5) is 0 Å². The Balaban J connectivity index is 2.07. The summed E-state index contributed by atoms with van der Waals surface area (Å²) in [4.78, 5) is 29.2. The fraction of sp³-hybridized carbons (Fsp3) is 0.471. The van der Waals surface area contributed by atoms with Crippen LogP contribution < -0.4 is 5.56 Å². The van der Waals surface area contributed by atoms with Gasteiger partial charge in [-0.2, -0.15) is 0 Å². The number of thioether (sulfide) groups is 1. The lowest BCUT2D eigenvalue weighted by atomic mass is 10.1. The number of fused-ring (bicyclic) bond motifs is 1. The first kappa shape index (κ1) is 17.9. The van der Waals surface area contributed by atoms with Gasteiger partial charge in [0.25, 0.3) is 5.56 Å². The molecular formula is C17H20N2O5S. The molecule has 1 atom stereocenters. The minimum absolute atomic E-state index is 0.000214. The monoisotopic (exact) mass is 364 g/mol. The molecule has 1 aromatic carbocycles. The number of aliphatic hydroxyl groups excluding tert-OH is 1. The number of carbonyl (C=O) groups excluding carboxylic acids is 1. The van der Waals surface area contributed by atoms with E-state index >= 15 is 0 Å². The van der Waals surface area contributed by atoms with Crippen LogP contribution in [-0.2, 0) is 16.0 Å². The van der Waals surface area contributed by atoms with Gasteiger partial charge in [0.2, 0.25) is 0 Å². The minimum atomic E-state index is -0.475. The number of rotatable bonds is 6. The van der Waals surface area contributed by atoms with E-state index in [2.05, 4.69) is 4.98 Å². The SMILES string of the molecule is COC(=O)c1ccc2c(=O)n(CC3CCCO3)c(SCCO)nc2c1. The number of hydrogen-bond acceptors (Lipinski definition) is 7. The van der Waals surface area contributed by atoms with Gasteiger partial charge in [-0.25, -0.2) is 9.78 Å². The van der Waals surface area contributed by atoms with E-state index in [1.807, 2.05) is 0 Å². The summed E-state index contributed by atoms with van der Waals surface area (Å²) in [5, 5.41) is 10.1. The van der Waals surface area contributed by atoms with Crippen molar-refractivity contribution in [3.8, 4) is 0 Å². The van der Waals surface area contributed by atoms with Crippen molar-refractivity contribution in [1.82, 2.24) is 9.55 Å². The van der Waals surface area contributed by atoms with Crippen LogP contribution in [0.15, 0.2) is 28.2 Å². The molecule has 25 heavy (non-hydrogen) atoms. The number of ether oxygens (including phenoxy) is 2. The molecular weight excluding hydrogens is 344 g/mol. The van der Waals surface area contributed by atoms with Crippen LogP contribution in [0.2, 0.25) is 0 Å². The molecule has 1 aliphatic heterocycles. The van der Waals surface area contributed by atoms with Gasteiger partial charge in [0.15, 0.2) is 5.16 Å². The van der Waals surface area contributed by atoms with Gasteiger partial charge >= 0.3 is 5.97 Å². The van der Waals surface area contributed by atoms with Crippen LogP contribution in [0.25, 0.3) is 10.9 Å². The number of aromatic nitrogens is 2. The molecule has 3 rings (SSSR count). The Bertz CT molecular complexity index is 830. The van der Waals surface area contributed by atoms with E-state index < -0.39 is 5.97 Å². The maximum atomic E-state index is 12.9. The van der Waals surface area contributed by atoms with Gasteiger partial charge in [-0.1, -0.05) is 11.8 Å². The minimum Gasteiger partial charge on any atom is -0.465 e. The summed E-state index contributed by atoms with van der Waals surface area (Å²) < 4.78 is 12.0. The average Bonchev–Trinajstić information content (AvgIpc) is 3.14. The standard InChI is InChI=1S/C17H20N2O5S/c1-23-16(22)11-4-5-13-14(9-11)18-17(25-8-6-20)19(15(13)21)10-12-3-2-7-24-12/h4-5,9,12,20H,2-3,6-8,10H2,1H3. The van der Waals surface area contributed by atoms with E-state index in [9.17, 15) is 9.59 Å². The molecule has 0 amide bonds. The lowest BCUT2D eigenvalue weighted by molar-refractivity contribution is 0.0601. The second-order valence-corrected chi connectivity index (χ2v) is 6.80. The van der Waals surface area contributed by atoms with Gasteiger partial charge in [-0.15, -0.1) is 0 Å². The quantitative estimate of drug-likeness (QED) is 0.471. The molecule has 2 heterocycles. The molecule has 1 unspecified atom stereocenters. The summed E-state index contributed by atoms with van der Waals surface area (Å²) in [7, 11) is 1.31. The van der Waals surface area contributed by atoms with Gasteiger partial charge in [-0.3, -0.25) is 9.36 Å². The smallest absolute Gasteiger partial charge is 0.337 e. The predicted molar refractivity (Wildman–Crippen MR) is 94.1 cm³/mol. The molecule has 0 saturated carbocycles. The van der Waals surface area contributed by atoms with Crippen molar-refractivity contribution in [2.75, 3.05) is 26.1 Å². The van der Waals surface area contributed by atoms with Crippen LogP contribution in [-0.4, -0.2) is 52.8 Å². The lowest BCUT2D eigenvalue weighted by Crippen LogP contribution is -2.29. The molecule has 1 fully saturated rings. The predicted octanol–water partition coefficient (Wildman–Crippen LogP) is 1.45. The maximum Gasteiger partial charge on any atom is 0.337 e. The van der Waals surface area contributed by atoms with Crippen molar-refractivity contribution in [1.29, 1.82) is 0 Å². The number of aliphatic hydroxyl groups is 1. The van der Waals surface area contributed by atoms with Crippen molar-refractivity contribution in [3.05, 3.63) is 34.1 Å². The Kier molecular flexibility index (Phi) is 5.72. The molecule has 2 aromatic rings. The number of carbonyl (C=O) groups is 1. The first-order chi connectivity index (χ1) is 12.1. The summed E-state index contributed by atoms with van der Waals surface area (Å²) in [6.45, 7) is 1.14. The van der Waals surface area contributed by atoms with Gasteiger partial charge in [0.1, 0.15) is 0 Å². The third-order valence-electron chi connectivity index (χ3n) is 4.07. The van der Waals surface area contributed by atoms with E-state index in [4.69, 9.17) is 14.6 Å². The van der Waals surface area contributed by atoms with Crippen molar-refractivity contribution in [2.24, 2.45) is 0 Å². The summed E-state index contributed by atoms with van der Waals surface area (Å²) in [5.74, 6) is -0.0445. The summed E-state index contributed by atoms with van der Waals surface area (Å²) in [6.07, 6.45) is 1.90. The van der Waals surface area contributed by atoms with Crippen LogP contribution in [0.5, 0.6) is 0 Å². The first-order valence-corrected chi connectivity index (χ1v) is 9.10. The normalized spacial score (nSPS) is 17.1. The summed E-state index contributed by atoms with van der Waals surface area (Å²) in [5.41, 5.74) is 0.617. The second kappa shape index (κ2) is 7.99. The van der Waals surface area contributed by atoms with Crippen molar-refractivity contribution >= 4 is 28.6 Å². The molecule has 1 aromatic heterocycles. The number of nitrogens with zero attached hydrogens (tertiary/aromatic N) is 2. The van der Waals surface area contributed by atoms with E-state index in [1.54, 1.807) is 22.8 Å². The lowest BCUT2D eigenvalue weighted by Gasteiger charge is -2.16. The zero-order valence-corrected chi connectivity index (χ0v) is 14.8. The zero-order chi connectivity index (χ0) is 17.8. The van der Waals surface area contributed by atoms with E-state index in [0.717, 1.165) is 12.8 Å². The molecule has 1 saturated heterocycles. The highest BCUT2D eigenvalue weighted by Crippen LogP contribution is 2.21. The number of esters is 1. The number of benzene rings is 1. The molecule has 134 valence electrons. The highest BCUT2D eigenvalue weighted by atomic mass is 32.2. The number of methoxy groups -OCH3 is 1. The molecule has 1 aliphatic rings. The van der Waals surface area contributed by atoms with Gasteiger partial charge in [0, 0.05) is 12.4 Å². The molecule has 0 bridgehead atoms. The van der Waals surface area contributed by atoms with E-state index in [0.29, 0.717) is 40.5 Å². The largest absolute Gasteiger partial charge is 0.465 e. The topological polar surface area (TPSA) is 90.7 Å². The van der Waals surface area contributed by atoms with E-state index in [-0.39, 0.29) is 18.3 Å². The Morgan fingerprint density at radius 1 is 1.52 bits per heavy atom. The highest BCUT2D eigenvalue weighted by Gasteiger charge is 2.20. The van der Waals surface area contributed by atoms with E-state index in [1.165, 1.54) is 18.9 Å². The Morgan fingerprint density at radius 3 is 3.04 bits per heavy atom. The molecule has 1 N–H and O–H groups in total. The van der Waals surface area contributed by atoms with Crippen molar-refractivity contribution in [3.63, 3.8) is 0 Å². The van der Waals surface area contributed by atoms with Crippen LogP contribution in [0, 0.1) is 0 Å². The Labute approximate surface area is 149 Å². The molecule has 7 nitrogen and oxygen atoms in total. The third-order valence-corrected chi connectivity index (χ3v) is 5.03. The summed E-state index contributed by atoms with van der Waals surface area (Å²) >= 11 is 1.31. The number of hydrogen-bond donors (Lipinski definition) is 1. The Hall–Kier alpha value is -1.90. The third kappa shape index (κ3) is 3.86. The Morgan fingerprint density at radius 2 is 2.36 bits per heavy atom. The highest BCUT2D eigenvalue weighted by molar-refractivity contribution is 7.99. The van der Waals surface area contributed by atoms with Crippen LogP contribution in [0.1, 0.15) is 23.2 Å². The van der Waals surface area contributed by atoms with Gasteiger partial charge in [-0.05, 0) is 31.0 Å². The molecule has 0 aliphatic carbocycles.